The molecule has 1 aliphatic heterocycles. The van der Waals surface area contributed by atoms with Crippen LogP contribution in [0.2, 0.25) is 0 Å². The zero-order chi connectivity index (χ0) is 17.1. The molecule has 6 nitrogen and oxygen atoms in total. The number of sulfone groups is 1. The fraction of sp³-hybridized carbons (Fsp3) is 0.688. The first kappa shape index (κ1) is 18.0. The van der Waals surface area contributed by atoms with Gasteiger partial charge in [-0.2, -0.15) is 0 Å². The summed E-state index contributed by atoms with van der Waals surface area (Å²) in [5, 5.41) is 3.00. The van der Waals surface area contributed by atoms with Crippen molar-refractivity contribution in [2.24, 2.45) is 0 Å². The van der Waals surface area contributed by atoms with E-state index in [1.165, 1.54) is 0 Å². The van der Waals surface area contributed by atoms with Crippen molar-refractivity contribution in [1.82, 2.24) is 10.2 Å². The Kier molecular flexibility index (Phi) is 5.52. The van der Waals surface area contributed by atoms with Crippen molar-refractivity contribution in [1.29, 1.82) is 0 Å². The predicted molar refractivity (Wildman–Crippen MR) is 88.7 cm³/mol. The number of hydrogen-bond donors (Lipinski definition) is 1. The number of nitrogens with one attached hydrogen (secondary N) is 1. The summed E-state index contributed by atoms with van der Waals surface area (Å²) < 4.78 is 28.9. The largest absolute Gasteiger partial charge is 0.468 e. The minimum atomic E-state index is -3.00. The Labute approximate surface area is 138 Å². The Morgan fingerprint density at radius 1 is 1.48 bits per heavy atom. The molecule has 1 aromatic heterocycles. The molecule has 0 saturated carbocycles. The van der Waals surface area contributed by atoms with Crippen LogP contribution >= 0.6 is 0 Å². The van der Waals surface area contributed by atoms with E-state index < -0.39 is 9.84 Å². The third-order valence-corrected chi connectivity index (χ3v) is 6.12. The van der Waals surface area contributed by atoms with Gasteiger partial charge < -0.3 is 9.73 Å². The van der Waals surface area contributed by atoms with Crippen molar-refractivity contribution in [3.8, 4) is 0 Å². The molecule has 0 aliphatic carbocycles. The molecule has 2 rings (SSSR count). The molecule has 1 amide bonds. The highest BCUT2D eigenvalue weighted by Gasteiger charge is 2.34. The van der Waals surface area contributed by atoms with Gasteiger partial charge in [0.15, 0.2) is 9.84 Å². The monoisotopic (exact) mass is 342 g/mol. The fourth-order valence-electron chi connectivity index (χ4n) is 2.67. The maximum absolute atomic E-state index is 12.3. The zero-order valence-electron chi connectivity index (χ0n) is 14.0. The van der Waals surface area contributed by atoms with Crippen LogP contribution in [0.25, 0.3) is 0 Å². The van der Waals surface area contributed by atoms with Crippen LogP contribution in [0.4, 0.5) is 0 Å². The van der Waals surface area contributed by atoms with Gasteiger partial charge in [-0.3, -0.25) is 9.69 Å². The fourth-order valence-corrected chi connectivity index (χ4v) is 4.43. The number of carbonyl (C=O) groups excluding carboxylic acids is 1. The van der Waals surface area contributed by atoms with E-state index in [1.807, 2.05) is 31.7 Å². The van der Waals surface area contributed by atoms with Crippen molar-refractivity contribution in [3.05, 3.63) is 24.2 Å². The highest BCUT2D eigenvalue weighted by molar-refractivity contribution is 7.91. The highest BCUT2D eigenvalue weighted by atomic mass is 32.2. The quantitative estimate of drug-likeness (QED) is 0.814. The van der Waals surface area contributed by atoms with E-state index in [2.05, 4.69) is 5.32 Å². The highest BCUT2D eigenvalue weighted by Crippen LogP contribution is 2.20. The van der Waals surface area contributed by atoms with Gasteiger partial charge in [0.05, 0.1) is 30.9 Å². The molecule has 23 heavy (non-hydrogen) atoms. The van der Waals surface area contributed by atoms with Crippen LogP contribution in [0.15, 0.2) is 22.8 Å². The lowest BCUT2D eigenvalue weighted by atomic mass is 10.0. The Hall–Kier alpha value is -1.34. The second-order valence-electron chi connectivity index (χ2n) is 6.83. The zero-order valence-corrected chi connectivity index (χ0v) is 14.9. The van der Waals surface area contributed by atoms with Gasteiger partial charge in [-0.15, -0.1) is 0 Å². The second-order valence-corrected chi connectivity index (χ2v) is 9.06. The molecule has 1 fully saturated rings. The number of furan rings is 1. The van der Waals surface area contributed by atoms with Crippen LogP contribution in [0.3, 0.4) is 0 Å². The molecule has 0 radical (unpaired) electrons. The van der Waals surface area contributed by atoms with E-state index in [0.29, 0.717) is 13.0 Å². The molecular formula is C16H26N2O4S. The van der Waals surface area contributed by atoms with Crippen molar-refractivity contribution >= 4 is 15.7 Å². The van der Waals surface area contributed by atoms with Crippen LogP contribution in [0, 0.1) is 0 Å². The van der Waals surface area contributed by atoms with Crippen molar-refractivity contribution < 1.29 is 17.6 Å². The van der Waals surface area contributed by atoms with Crippen LogP contribution in [-0.2, 0) is 21.2 Å². The van der Waals surface area contributed by atoms with Gasteiger partial charge in [0.1, 0.15) is 5.76 Å². The van der Waals surface area contributed by atoms with Gasteiger partial charge in [0, 0.05) is 11.6 Å². The molecule has 1 atom stereocenters. The minimum Gasteiger partial charge on any atom is -0.468 e. The summed E-state index contributed by atoms with van der Waals surface area (Å²) in [6, 6.07) is 3.49. The molecule has 0 aromatic carbocycles. The lowest BCUT2D eigenvalue weighted by Crippen LogP contribution is -2.49. The Morgan fingerprint density at radius 3 is 2.74 bits per heavy atom. The molecule has 0 unspecified atom stereocenters. The Balaban J connectivity index is 2.06. The average molecular weight is 342 g/mol. The third kappa shape index (κ3) is 5.35. The number of amides is 1. The Morgan fingerprint density at radius 2 is 2.22 bits per heavy atom. The first-order valence-corrected chi connectivity index (χ1v) is 9.81. The van der Waals surface area contributed by atoms with E-state index in [-0.39, 0.29) is 35.5 Å². The standard InChI is InChI=1S/C16H26N2O4S/c1-4-16(2,3)17-15(19)11-18(10-14-6-5-8-22-14)13-7-9-23(20,21)12-13/h5-6,8,13H,4,7,9-12H2,1-3H3,(H,17,19)/t13-/m1/s1. The normalized spacial score (nSPS) is 20.8. The summed E-state index contributed by atoms with van der Waals surface area (Å²) >= 11 is 0. The van der Waals surface area contributed by atoms with E-state index in [0.717, 1.165) is 12.2 Å². The Bertz CT molecular complexity index is 623. The average Bonchev–Trinajstić information content (AvgIpc) is 3.06. The molecule has 1 saturated heterocycles. The number of nitrogens with zero attached hydrogens (tertiary/aromatic N) is 1. The molecule has 1 aromatic rings. The number of hydrogen-bond acceptors (Lipinski definition) is 5. The van der Waals surface area contributed by atoms with E-state index >= 15 is 0 Å². The van der Waals surface area contributed by atoms with Crippen LogP contribution in [0.5, 0.6) is 0 Å². The van der Waals surface area contributed by atoms with Crippen LogP contribution in [0.1, 0.15) is 39.4 Å². The second kappa shape index (κ2) is 7.05. The van der Waals surface area contributed by atoms with Gasteiger partial charge in [-0.1, -0.05) is 6.92 Å². The van der Waals surface area contributed by atoms with Crippen molar-refractivity contribution in [2.75, 3.05) is 18.1 Å². The molecule has 130 valence electrons. The van der Waals surface area contributed by atoms with Crippen LogP contribution < -0.4 is 5.32 Å². The smallest absolute Gasteiger partial charge is 0.234 e. The maximum Gasteiger partial charge on any atom is 0.234 e. The van der Waals surface area contributed by atoms with Crippen LogP contribution in [-0.4, -0.2) is 48.9 Å². The van der Waals surface area contributed by atoms with Crippen molar-refractivity contribution in [2.45, 2.75) is 51.7 Å². The van der Waals surface area contributed by atoms with E-state index in [4.69, 9.17) is 4.42 Å². The summed E-state index contributed by atoms with van der Waals surface area (Å²) in [5.74, 6) is 0.941. The summed E-state index contributed by atoms with van der Waals surface area (Å²) in [7, 11) is -3.00. The summed E-state index contributed by atoms with van der Waals surface area (Å²) in [4.78, 5) is 14.2. The molecule has 2 heterocycles. The minimum absolute atomic E-state index is 0.0901. The molecule has 0 bridgehead atoms. The van der Waals surface area contributed by atoms with Gasteiger partial charge in [0.2, 0.25) is 5.91 Å². The number of rotatable bonds is 7. The maximum atomic E-state index is 12.3. The van der Waals surface area contributed by atoms with Gasteiger partial charge in [-0.05, 0) is 38.8 Å². The molecule has 1 N–H and O–H groups in total. The van der Waals surface area contributed by atoms with Gasteiger partial charge >= 0.3 is 0 Å². The summed E-state index contributed by atoms with van der Waals surface area (Å²) in [5.41, 5.74) is -0.269. The number of carbonyl (C=O) groups is 1. The first-order valence-electron chi connectivity index (χ1n) is 7.98. The molecule has 0 spiro atoms. The molecular weight excluding hydrogens is 316 g/mol. The SMILES string of the molecule is CCC(C)(C)NC(=O)CN(Cc1ccco1)[C@@H]1CCS(=O)(=O)C1. The first-order chi connectivity index (χ1) is 10.7. The third-order valence-electron chi connectivity index (χ3n) is 4.37. The van der Waals surface area contributed by atoms with E-state index in [9.17, 15) is 13.2 Å². The van der Waals surface area contributed by atoms with Crippen molar-refractivity contribution in [3.63, 3.8) is 0 Å². The lowest BCUT2D eigenvalue weighted by Gasteiger charge is -2.30. The topological polar surface area (TPSA) is 79.6 Å². The summed E-state index contributed by atoms with van der Waals surface area (Å²) in [6.07, 6.45) is 2.97. The lowest BCUT2D eigenvalue weighted by molar-refractivity contribution is -0.124. The van der Waals surface area contributed by atoms with Gasteiger partial charge in [-0.25, -0.2) is 8.42 Å². The molecule has 7 heteroatoms. The van der Waals surface area contributed by atoms with E-state index in [1.54, 1.807) is 12.3 Å². The summed E-state index contributed by atoms with van der Waals surface area (Å²) in [6.45, 7) is 6.57. The predicted octanol–water partition coefficient (Wildman–Crippen LogP) is 1.57. The molecule has 1 aliphatic rings. The van der Waals surface area contributed by atoms with Gasteiger partial charge in [0.25, 0.3) is 0 Å².